The SMILES string of the molecule is Cc1noc(C)c1CN(C)C(=O)c1cc(Br)cnc1Cl. The molecule has 0 fully saturated rings. The topological polar surface area (TPSA) is 59.2 Å². The second-order valence-electron chi connectivity index (χ2n) is 4.46. The van der Waals surface area contributed by atoms with Crippen molar-refractivity contribution in [3.8, 4) is 0 Å². The molecule has 20 heavy (non-hydrogen) atoms. The second-order valence-corrected chi connectivity index (χ2v) is 5.73. The van der Waals surface area contributed by atoms with E-state index >= 15 is 0 Å². The molecule has 2 aromatic heterocycles. The molecule has 0 unspecified atom stereocenters. The Labute approximate surface area is 130 Å². The standard InChI is InChI=1S/C13H13BrClN3O2/c1-7-11(8(2)20-17-7)6-18(3)13(19)10-4-9(14)5-16-12(10)15/h4-5H,6H2,1-3H3. The van der Waals surface area contributed by atoms with Crippen LogP contribution in [0.3, 0.4) is 0 Å². The van der Waals surface area contributed by atoms with Crippen LogP contribution in [0.1, 0.15) is 27.4 Å². The van der Waals surface area contributed by atoms with Crippen LogP contribution in [0.4, 0.5) is 0 Å². The van der Waals surface area contributed by atoms with Gasteiger partial charge in [-0.3, -0.25) is 4.79 Å². The Morgan fingerprint density at radius 1 is 1.50 bits per heavy atom. The molecule has 0 saturated heterocycles. The number of amides is 1. The average Bonchev–Trinajstić information content (AvgIpc) is 2.72. The minimum atomic E-state index is -0.205. The maximum Gasteiger partial charge on any atom is 0.257 e. The number of aryl methyl sites for hydroxylation is 2. The summed E-state index contributed by atoms with van der Waals surface area (Å²) in [5, 5.41) is 4.06. The fraction of sp³-hybridized carbons (Fsp3) is 0.308. The van der Waals surface area contributed by atoms with E-state index in [1.807, 2.05) is 13.8 Å². The summed E-state index contributed by atoms with van der Waals surface area (Å²) in [5.74, 6) is 0.504. The number of rotatable bonds is 3. The normalized spacial score (nSPS) is 10.7. The summed E-state index contributed by atoms with van der Waals surface area (Å²) in [6, 6.07) is 1.65. The Morgan fingerprint density at radius 3 is 2.80 bits per heavy atom. The van der Waals surface area contributed by atoms with E-state index in [0.717, 1.165) is 11.3 Å². The number of hydrogen-bond donors (Lipinski definition) is 0. The number of carbonyl (C=O) groups is 1. The summed E-state index contributed by atoms with van der Waals surface area (Å²) in [4.78, 5) is 17.9. The summed E-state index contributed by atoms with van der Waals surface area (Å²) in [6.07, 6.45) is 1.55. The first kappa shape index (κ1) is 15.0. The fourth-order valence-corrected chi connectivity index (χ4v) is 2.33. The smallest absolute Gasteiger partial charge is 0.257 e. The van der Waals surface area contributed by atoms with Crippen LogP contribution in [-0.4, -0.2) is 28.0 Å². The Bertz CT molecular complexity index is 638. The third-order valence-corrected chi connectivity index (χ3v) is 3.69. The van der Waals surface area contributed by atoms with Gasteiger partial charge in [-0.25, -0.2) is 4.98 Å². The first-order chi connectivity index (χ1) is 9.40. The van der Waals surface area contributed by atoms with Gasteiger partial charge >= 0.3 is 0 Å². The van der Waals surface area contributed by atoms with Gasteiger partial charge in [-0.05, 0) is 35.8 Å². The summed E-state index contributed by atoms with van der Waals surface area (Å²) >= 11 is 9.25. The monoisotopic (exact) mass is 357 g/mol. The molecule has 1 amide bonds. The number of nitrogens with zero attached hydrogens (tertiary/aromatic N) is 3. The first-order valence-electron chi connectivity index (χ1n) is 5.88. The van der Waals surface area contributed by atoms with Crippen molar-refractivity contribution < 1.29 is 9.32 Å². The predicted octanol–water partition coefficient (Wildman–Crippen LogP) is 3.37. The van der Waals surface area contributed by atoms with Crippen LogP contribution in [0, 0.1) is 13.8 Å². The van der Waals surface area contributed by atoms with Gasteiger partial charge in [0.15, 0.2) is 0 Å². The lowest BCUT2D eigenvalue weighted by atomic mass is 10.2. The Hall–Kier alpha value is -1.40. The molecule has 0 aromatic carbocycles. The lowest BCUT2D eigenvalue weighted by Gasteiger charge is -2.17. The summed E-state index contributed by atoms with van der Waals surface area (Å²) < 4.78 is 5.80. The molecule has 0 aliphatic carbocycles. The molecule has 7 heteroatoms. The zero-order chi connectivity index (χ0) is 14.9. The van der Waals surface area contributed by atoms with Crippen molar-refractivity contribution >= 4 is 33.4 Å². The highest BCUT2D eigenvalue weighted by molar-refractivity contribution is 9.10. The molecule has 0 atom stereocenters. The molecule has 5 nitrogen and oxygen atoms in total. The highest BCUT2D eigenvalue weighted by Gasteiger charge is 2.19. The largest absolute Gasteiger partial charge is 0.361 e. The lowest BCUT2D eigenvalue weighted by molar-refractivity contribution is 0.0784. The van der Waals surface area contributed by atoms with Crippen molar-refractivity contribution in [3.05, 3.63) is 44.5 Å². The van der Waals surface area contributed by atoms with E-state index in [2.05, 4.69) is 26.1 Å². The van der Waals surface area contributed by atoms with Gasteiger partial charge in [-0.1, -0.05) is 16.8 Å². The van der Waals surface area contributed by atoms with Gasteiger partial charge in [-0.2, -0.15) is 0 Å². The van der Waals surface area contributed by atoms with Gasteiger partial charge < -0.3 is 9.42 Å². The predicted molar refractivity (Wildman–Crippen MR) is 78.7 cm³/mol. The van der Waals surface area contributed by atoms with Crippen LogP contribution in [0.25, 0.3) is 0 Å². The third-order valence-electron chi connectivity index (χ3n) is 2.96. The van der Waals surface area contributed by atoms with E-state index < -0.39 is 0 Å². The van der Waals surface area contributed by atoms with Crippen molar-refractivity contribution in [2.75, 3.05) is 7.05 Å². The molecular formula is C13H13BrClN3O2. The van der Waals surface area contributed by atoms with Crippen molar-refractivity contribution in [3.63, 3.8) is 0 Å². The molecule has 2 aromatic rings. The van der Waals surface area contributed by atoms with Gasteiger partial charge in [0, 0.05) is 23.3 Å². The van der Waals surface area contributed by atoms with E-state index in [0.29, 0.717) is 22.3 Å². The molecule has 0 aliphatic rings. The van der Waals surface area contributed by atoms with Crippen molar-refractivity contribution in [2.45, 2.75) is 20.4 Å². The van der Waals surface area contributed by atoms with E-state index in [4.69, 9.17) is 16.1 Å². The lowest BCUT2D eigenvalue weighted by Crippen LogP contribution is -2.27. The third kappa shape index (κ3) is 3.02. The molecule has 0 spiro atoms. The van der Waals surface area contributed by atoms with Crippen LogP contribution in [0.15, 0.2) is 21.3 Å². The number of pyridine rings is 1. The highest BCUT2D eigenvalue weighted by Crippen LogP contribution is 2.21. The van der Waals surface area contributed by atoms with Crippen molar-refractivity contribution in [2.24, 2.45) is 0 Å². The van der Waals surface area contributed by atoms with Gasteiger partial charge in [0.1, 0.15) is 10.9 Å². The molecule has 2 rings (SSSR count). The first-order valence-corrected chi connectivity index (χ1v) is 7.05. The van der Waals surface area contributed by atoms with Crippen molar-refractivity contribution in [1.82, 2.24) is 15.0 Å². The van der Waals surface area contributed by atoms with E-state index in [-0.39, 0.29) is 11.1 Å². The summed E-state index contributed by atoms with van der Waals surface area (Å²) in [6.45, 7) is 4.07. The number of aromatic nitrogens is 2. The quantitative estimate of drug-likeness (QED) is 0.789. The minimum Gasteiger partial charge on any atom is -0.361 e. The van der Waals surface area contributed by atoms with Crippen LogP contribution in [-0.2, 0) is 6.54 Å². The second kappa shape index (κ2) is 5.93. The molecule has 0 bridgehead atoms. The number of carbonyl (C=O) groups excluding carboxylic acids is 1. The van der Waals surface area contributed by atoms with Crippen LogP contribution < -0.4 is 0 Å². The van der Waals surface area contributed by atoms with Crippen LogP contribution >= 0.6 is 27.5 Å². The molecule has 106 valence electrons. The molecule has 0 radical (unpaired) electrons. The zero-order valence-corrected chi connectivity index (χ0v) is 13.6. The Kier molecular flexibility index (Phi) is 4.45. The summed E-state index contributed by atoms with van der Waals surface area (Å²) in [5.41, 5.74) is 2.04. The molecule has 0 N–H and O–H groups in total. The van der Waals surface area contributed by atoms with Crippen LogP contribution in [0.5, 0.6) is 0 Å². The van der Waals surface area contributed by atoms with Gasteiger partial charge in [-0.15, -0.1) is 0 Å². The van der Waals surface area contributed by atoms with E-state index in [1.165, 1.54) is 0 Å². The van der Waals surface area contributed by atoms with E-state index in [9.17, 15) is 4.79 Å². The molecular weight excluding hydrogens is 346 g/mol. The maximum absolute atomic E-state index is 12.4. The molecule has 0 saturated carbocycles. The average molecular weight is 359 g/mol. The summed E-state index contributed by atoms with van der Waals surface area (Å²) in [7, 11) is 1.70. The van der Waals surface area contributed by atoms with Gasteiger partial charge in [0.25, 0.3) is 5.91 Å². The number of halogens is 2. The van der Waals surface area contributed by atoms with Crippen LogP contribution in [0.2, 0.25) is 5.15 Å². The maximum atomic E-state index is 12.4. The zero-order valence-electron chi connectivity index (χ0n) is 11.3. The van der Waals surface area contributed by atoms with Gasteiger partial charge in [0.2, 0.25) is 0 Å². The Morgan fingerprint density at radius 2 is 2.20 bits per heavy atom. The van der Waals surface area contributed by atoms with Crippen molar-refractivity contribution in [1.29, 1.82) is 0 Å². The molecule has 0 aliphatic heterocycles. The highest BCUT2D eigenvalue weighted by atomic mass is 79.9. The number of hydrogen-bond acceptors (Lipinski definition) is 4. The fourth-order valence-electron chi connectivity index (χ4n) is 1.81. The Balaban J connectivity index is 2.23. The minimum absolute atomic E-state index is 0.184. The van der Waals surface area contributed by atoms with Gasteiger partial charge in [0.05, 0.1) is 17.8 Å². The molecule has 2 heterocycles. The van der Waals surface area contributed by atoms with E-state index in [1.54, 1.807) is 24.2 Å².